The van der Waals surface area contributed by atoms with E-state index in [0.29, 0.717) is 6.42 Å². The van der Waals surface area contributed by atoms with Crippen LogP contribution >= 0.6 is 0 Å². The maximum Gasteiger partial charge on any atom is 0.228 e. The van der Waals surface area contributed by atoms with Crippen LogP contribution < -0.4 is 10.2 Å². The first-order chi connectivity index (χ1) is 12.6. The zero-order valence-corrected chi connectivity index (χ0v) is 15.3. The summed E-state index contributed by atoms with van der Waals surface area (Å²) in [5.74, 6) is 0.964. The van der Waals surface area contributed by atoms with Gasteiger partial charge in [-0.2, -0.15) is 0 Å². The van der Waals surface area contributed by atoms with Gasteiger partial charge < -0.3 is 14.8 Å². The van der Waals surface area contributed by atoms with Crippen LogP contribution in [-0.2, 0) is 18.3 Å². The Labute approximate surface area is 153 Å². The van der Waals surface area contributed by atoms with Gasteiger partial charge in [0.2, 0.25) is 5.91 Å². The molecule has 4 rings (SSSR count). The monoisotopic (exact) mass is 348 g/mol. The summed E-state index contributed by atoms with van der Waals surface area (Å²) in [6, 6.07) is 14.2. The van der Waals surface area contributed by atoms with Gasteiger partial charge in [-0.15, -0.1) is 0 Å². The number of rotatable bonds is 4. The molecule has 1 aliphatic rings. The highest BCUT2D eigenvalue weighted by Crippen LogP contribution is 2.22. The third-order valence-corrected chi connectivity index (χ3v) is 5.16. The standard InChI is InChI=1S/C21H24N4O/c1-15-22-19-13-16(5-10-20(19)24(15)2)14-21(26)23-17-6-8-18(9-7-17)25-11-3-4-12-25/h5-10,13H,3-4,11-12,14H2,1-2H3,(H,23,26). The average molecular weight is 348 g/mol. The number of carbonyl (C=O) groups is 1. The van der Waals surface area contributed by atoms with Crippen molar-refractivity contribution in [3.8, 4) is 0 Å². The van der Waals surface area contributed by atoms with E-state index in [0.717, 1.165) is 41.2 Å². The normalized spacial score (nSPS) is 14.2. The van der Waals surface area contributed by atoms with E-state index in [4.69, 9.17) is 0 Å². The highest BCUT2D eigenvalue weighted by atomic mass is 16.1. The first-order valence-corrected chi connectivity index (χ1v) is 9.17. The maximum atomic E-state index is 12.4. The van der Waals surface area contributed by atoms with Crippen molar-refractivity contribution in [3.05, 3.63) is 53.9 Å². The number of nitrogens with one attached hydrogen (secondary N) is 1. The number of aromatic nitrogens is 2. The molecule has 0 bridgehead atoms. The summed E-state index contributed by atoms with van der Waals surface area (Å²) in [6.07, 6.45) is 2.87. The molecule has 5 nitrogen and oxygen atoms in total. The van der Waals surface area contributed by atoms with Crippen molar-refractivity contribution in [2.45, 2.75) is 26.2 Å². The Morgan fingerprint density at radius 3 is 2.58 bits per heavy atom. The number of hydrogen-bond donors (Lipinski definition) is 1. The number of hydrogen-bond acceptors (Lipinski definition) is 3. The minimum Gasteiger partial charge on any atom is -0.372 e. The van der Waals surface area contributed by atoms with Gasteiger partial charge in [-0.1, -0.05) is 6.07 Å². The van der Waals surface area contributed by atoms with E-state index in [-0.39, 0.29) is 5.91 Å². The van der Waals surface area contributed by atoms with Crippen molar-refractivity contribution >= 4 is 28.3 Å². The van der Waals surface area contributed by atoms with Crippen LogP contribution in [0.15, 0.2) is 42.5 Å². The highest BCUT2D eigenvalue weighted by molar-refractivity contribution is 5.93. The first-order valence-electron chi connectivity index (χ1n) is 9.17. The van der Waals surface area contributed by atoms with Gasteiger partial charge >= 0.3 is 0 Å². The van der Waals surface area contributed by atoms with Gasteiger partial charge in [-0.3, -0.25) is 4.79 Å². The van der Waals surface area contributed by atoms with E-state index in [1.54, 1.807) is 0 Å². The molecule has 1 amide bonds. The predicted molar refractivity (Wildman–Crippen MR) is 106 cm³/mol. The molecule has 1 N–H and O–H groups in total. The molecule has 1 saturated heterocycles. The van der Waals surface area contributed by atoms with Crippen molar-refractivity contribution in [1.29, 1.82) is 0 Å². The molecule has 0 saturated carbocycles. The van der Waals surface area contributed by atoms with Crippen molar-refractivity contribution in [3.63, 3.8) is 0 Å². The van der Waals surface area contributed by atoms with E-state index in [1.165, 1.54) is 18.5 Å². The molecule has 1 aliphatic heterocycles. The third-order valence-electron chi connectivity index (χ3n) is 5.16. The topological polar surface area (TPSA) is 50.2 Å². The molecule has 0 unspecified atom stereocenters. The lowest BCUT2D eigenvalue weighted by atomic mass is 10.1. The molecule has 0 radical (unpaired) electrons. The number of carbonyl (C=O) groups excluding carboxylic acids is 1. The summed E-state index contributed by atoms with van der Waals surface area (Å²) < 4.78 is 2.06. The summed E-state index contributed by atoms with van der Waals surface area (Å²) >= 11 is 0. The third kappa shape index (κ3) is 3.29. The van der Waals surface area contributed by atoms with Gasteiger partial charge in [-0.25, -0.2) is 4.98 Å². The van der Waals surface area contributed by atoms with E-state index in [9.17, 15) is 4.79 Å². The lowest BCUT2D eigenvalue weighted by Crippen LogP contribution is -2.18. The zero-order chi connectivity index (χ0) is 18.1. The molecule has 3 aromatic rings. The van der Waals surface area contributed by atoms with Gasteiger partial charge in [-0.05, 0) is 61.7 Å². The fraction of sp³-hybridized carbons (Fsp3) is 0.333. The Morgan fingerprint density at radius 1 is 1.12 bits per heavy atom. The Hall–Kier alpha value is -2.82. The number of nitrogens with zero attached hydrogens (tertiary/aromatic N) is 3. The van der Waals surface area contributed by atoms with Crippen LogP contribution in [0, 0.1) is 6.92 Å². The molecule has 2 aromatic carbocycles. The van der Waals surface area contributed by atoms with Crippen molar-refractivity contribution in [2.24, 2.45) is 7.05 Å². The summed E-state index contributed by atoms with van der Waals surface area (Å²) in [7, 11) is 2.00. The molecule has 0 aliphatic carbocycles. The van der Waals surface area contributed by atoms with Crippen molar-refractivity contribution in [2.75, 3.05) is 23.3 Å². The fourth-order valence-corrected chi connectivity index (χ4v) is 3.60. The SMILES string of the molecule is Cc1nc2cc(CC(=O)Nc3ccc(N4CCCC4)cc3)ccc2n1C. The largest absolute Gasteiger partial charge is 0.372 e. The molecule has 26 heavy (non-hydrogen) atoms. The van der Waals surface area contributed by atoms with Crippen molar-refractivity contribution in [1.82, 2.24) is 9.55 Å². The van der Waals surface area contributed by atoms with Crippen LogP contribution in [-0.4, -0.2) is 28.5 Å². The molecule has 0 atom stereocenters. The number of benzene rings is 2. The number of amides is 1. The van der Waals surface area contributed by atoms with E-state index < -0.39 is 0 Å². The maximum absolute atomic E-state index is 12.4. The zero-order valence-electron chi connectivity index (χ0n) is 15.3. The van der Waals surface area contributed by atoms with Crippen LogP contribution in [0.4, 0.5) is 11.4 Å². The molecule has 5 heteroatoms. The minimum atomic E-state index is -0.00840. The minimum absolute atomic E-state index is 0.00840. The summed E-state index contributed by atoms with van der Waals surface area (Å²) in [6.45, 7) is 4.24. The van der Waals surface area contributed by atoms with Crippen LogP contribution in [0.2, 0.25) is 0 Å². The van der Waals surface area contributed by atoms with Gasteiger partial charge in [0.25, 0.3) is 0 Å². The molecule has 134 valence electrons. The smallest absolute Gasteiger partial charge is 0.228 e. The second-order valence-corrected chi connectivity index (χ2v) is 7.01. The lowest BCUT2D eigenvalue weighted by Gasteiger charge is -2.17. The molecule has 1 aromatic heterocycles. The fourth-order valence-electron chi connectivity index (χ4n) is 3.60. The molecule has 0 spiro atoms. The summed E-state index contributed by atoms with van der Waals surface area (Å²) in [4.78, 5) is 19.3. The van der Waals surface area contributed by atoms with Gasteiger partial charge in [0.15, 0.2) is 0 Å². The van der Waals surface area contributed by atoms with Crippen LogP contribution in [0.5, 0.6) is 0 Å². The Kier molecular flexibility index (Phi) is 4.37. The number of anilines is 2. The summed E-state index contributed by atoms with van der Waals surface area (Å²) in [5, 5.41) is 2.99. The first kappa shape index (κ1) is 16.6. The Balaban J connectivity index is 1.42. The van der Waals surface area contributed by atoms with Crippen LogP contribution in [0.1, 0.15) is 24.2 Å². The summed E-state index contributed by atoms with van der Waals surface area (Å²) in [5.41, 5.74) is 5.07. The lowest BCUT2D eigenvalue weighted by molar-refractivity contribution is -0.115. The predicted octanol–water partition coefficient (Wildman–Crippen LogP) is 3.66. The molecule has 2 heterocycles. The Bertz CT molecular complexity index is 937. The average Bonchev–Trinajstić information content (AvgIpc) is 3.25. The van der Waals surface area contributed by atoms with Crippen molar-refractivity contribution < 1.29 is 4.79 Å². The van der Waals surface area contributed by atoms with E-state index >= 15 is 0 Å². The molecular formula is C21H24N4O. The van der Waals surface area contributed by atoms with Crippen LogP contribution in [0.3, 0.4) is 0 Å². The van der Waals surface area contributed by atoms with Gasteiger partial charge in [0, 0.05) is 31.5 Å². The van der Waals surface area contributed by atoms with Gasteiger partial charge in [0.05, 0.1) is 17.5 Å². The van der Waals surface area contributed by atoms with Crippen LogP contribution in [0.25, 0.3) is 11.0 Å². The number of fused-ring (bicyclic) bond motifs is 1. The second kappa shape index (κ2) is 6.83. The molecular weight excluding hydrogens is 324 g/mol. The number of imidazole rings is 1. The second-order valence-electron chi connectivity index (χ2n) is 7.01. The quantitative estimate of drug-likeness (QED) is 0.783. The Morgan fingerprint density at radius 2 is 1.85 bits per heavy atom. The number of aryl methyl sites for hydroxylation is 2. The van der Waals surface area contributed by atoms with E-state index in [2.05, 4.69) is 31.9 Å². The van der Waals surface area contributed by atoms with E-state index in [1.807, 2.05) is 44.3 Å². The molecule has 1 fully saturated rings. The van der Waals surface area contributed by atoms with Gasteiger partial charge in [0.1, 0.15) is 5.82 Å². The highest BCUT2D eigenvalue weighted by Gasteiger charge is 2.12.